The fourth-order valence-corrected chi connectivity index (χ4v) is 6.87. The third-order valence-corrected chi connectivity index (χ3v) is 9.27. The Balaban J connectivity index is 1.34. The van der Waals surface area contributed by atoms with E-state index in [9.17, 15) is 14.4 Å². The van der Waals surface area contributed by atoms with Crippen molar-refractivity contribution in [3.05, 3.63) is 47.9 Å². The van der Waals surface area contributed by atoms with E-state index in [4.69, 9.17) is 14.7 Å². The van der Waals surface area contributed by atoms with Crippen molar-refractivity contribution in [2.24, 2.45) is 0 Å². The first kappa shape index (κ1) is 29.2. The maximum Gasteiger partial charge on any atom is 0.246 e. The first-order valence-corrected chi connectivity index (χ1v) is 15.2. The van der Waals surface area contributed by atoms with Crippen molar-refractivity contribution in [1.82, 2.24) is 19.8 Å². The van der Waals surface area contributed by atoms with Gasteiger partial charge in [-0.25, -0.2) is 9.37 Å². The van der Waals surface area contributed by atoms with Crippen LogP contribution in [-0.2, 0) is 17.6 Å². The number of benzene rings is 1. The van der Waals surface area contributed by atoms with E-state index in [0.717, 1.165) is 54.6 Å². The summed E-state index contributed by atoms with van der Waals surface area (Å²) in [6.07, 6.45) is 3.95. The Bertz CT molecular complexity index is 1450. The number of fused-ring (bicyclic) bond motifs is 2. The molecular weight excluding hydrogens is 547 g/mol. The summed E-state index contributed by atoms with van der Waals surface area (Å²) in [5.74, 6) is 1.92. The van der Waals surface area contributed by atoms with Crippen molar-refractivity contribution >= 4 is 23.4 Å². The van der Waals surface area contributed by atoms with E-state index in [1.165, 1.54) is 12.1 Å². The zero-order valence-corrected chi connectivity index (χ0v) is 25.6. The zero-order valence-electron chi connectivity index (χ0n) is 25.6. The van der Waals surface area contributed by atoms with Gasteiger partial charge in [-0.05, 0) is 59.0 Å². The van der Waals surface area contributed by atoms with Gasteiger partial charge in [0.2, 0.25) is 11.9 Å². The van der Waals surface area contributed by atoms with Crippen molar-refractivity contribution in [3.63, 3.8) is 0 Å². The van der Waals surface area contributed by atoms with Gasteiger partial charge >= 0.3 is 0 Å². The summed E-state index contributed by atoms with van der Waals surface area (Å²) in [4.78, 5) is 33.6. The van der Waals surface area contributed by atoms with E-state index in [1.807, 2.05) is 0 Å². The van der Waals surface area contributed by atoms with Crippen LogP contribution in [0.4, 0.5) is 21.8 Å². The number of amides is 1. The highest BCUT2D eigenvalue weighted by molar-refractivity contribution is 5.87. The number of piperazine rings is 1. The lowest BCUT2D eigenvalue weighted by molar-refractivity contribution is -0.128. The first-order chi connectivity index (χ1) is 20.6. The number of carbonyl (C=O) groups excluding carboxylic acids is 1. The molecule has 0 N–H and O–H groups in total. The number of carbonyl (C=O) groups is 1. The lowest BCUT2D eigenvalue weighted by Crippen LogP contribution is -2.58. The molecule has 11 heteroatoms. The largest absolute Gasteiger partial charge is 0.484 e. The van der Waals surface area contributed by atoms with Crippen LogP contribution in [0.5, 0.6) is 5.75 Å². The van der Waals surface area contributed by atoms with E-state index in [1.54, 1.807) is 17.0 Å². The van der Waals surface area contributed by atoms with Crippen molar-refractivity contribution < 1.29 is 13.9 Å². The molecule has 2 atom stereocenters. The predicted molar refractivity (Wildman–Crippen MR) is 164 cm³/mol. The molecule has 10 nitrogen and oxygen atoms in total. The summed E-state index contributed by atoms with van der Waals surface area (Å²) in [5, 5.41) is 9.54. The summed E-state index contributed by atoms with van der Waals surface area (Å²) in [6, 6.07) is 7.37. The molecule has 4 aliphatic rings. The number of halogens is 1. The Morgan fingerprint density at radius 2 is 2.02 bits per heavy atom. The van der Waals surface area contributed by atoms with Crippen molar-refractivity contribution in [3.8, 4) is 11.8 Å². The SMILES string of the molecule is C=CC(=O)N1CCN(c2nc(N3CC(N(C)C)C3)nc3c2CC[C@H](N2CC(C)(C)Oc4ccc(F)cc42)C3)C[C@@H]1CC#N. The van der Waals surface area contributed by atoms with Crippen LogP contribution in [0.1, 0.15) is 37.9 Å². The van der Waals surface area contributed by atoms with Gasteiger partial charge in [0.05, 0.1) is 36.5 Å². The van der Waals surface area contributed by atoms with E-state index in [0.29, 0.717) is 44.4 Å². The number of anilines is 3. The lowest BCUT2D eigenvalue weighted by atomic mass is 9.89. The molecule has 3 aliphatic heterocycles. The van der Waals surface area contributed by atoms with E-state index >= 15 is 0 Å². The monoisotopic (exact) mass is 588 g/mol. The summed E-state index contributed by atoms with van der Waals surface area (Å²) in [5.41, 5.74) is 2.54. The summed E-state index contributed by atoms with van der Waals surface area (Å²) >= 11 is 0. The minimum Gasteiger partial charge on any atom is -0.484 e. The Morgan fingerprint density at radius 3 is 2.74 bits per heavy atom. The Kier molecular flexibility index (Phi) is 7.67. The van der Waals surface area contributed by atoms with E-state index < -0.39 is 5.60 Å². The minimum atomic E-state index is -0.412. The molecule has 1 aromatic carbocycles. The van der Waals surface area contributed by atoms with Gasteiger partial charge in [0.15, 0.2) is 0 Å². The van der Waals surface area contributed by atoms with E-state index in [-0.39, 0.29) is 30.2 Å². The molecule has 1 aliphatic carbocycles. The van der Waals surface area contributed by atoms with E-state index in [2.05, 4.69) is 60.2 Å². The van der Waals surface area contributed by atoms with Crippen molar-refractivity contribution in [2.45, 2.75) is 63.3 Å². The molecule has 2 aromatic rings. The molecule has 228 valence electrons. The van der Waals surface area contributed by atoms with Crippen LogP contribution in [0.25, 0.3) is 0 Å². The Morgan fingerprint density at radius 1 is 1.23 bits per heavy atom. The smallest absolute Gasteiger partial charge is 0.246 e. The van der Waals surface area contributed by atoms with Gasteiger partial charge in [-0.3, -0.25) is 4.79 Å². The molecule has 43 heavy (non-hydrogen) atoms. The van der Waals surface area contributed by atoms with Gasteiger partial charge in [0.1, 0.15) is 23.0 Å². The number of likely N-dealkylation sites (N-methyl/N-ethyl adjacent to an activating group) is 1. The third-order valence-electron chi connectivity index (χ3n) is 9.27. The standard InChI is InChI=1S/C32H41FN8O2/c1-6-29(42)40-14-13-38(17-23(40)11-12-34)30-25-9-8-22(16-26(25)35-31(36-30)39-18-24(19-39)37(4)5)41-20-32(2,3)43-28-10-7-21(33)15-27(28)41/h6-7,10,15,22-24H,1,8-9,11,13-14,16-20H2,2-5H3/t22-,23-/m0/s1. The number of hydrogen-bond acceptors (Lipinski definition) is 9. The molecule has 0 spiro atoms. The average molecular weight is 589 g/mol. The maximum atomic E-state index is 14.4. The van der Waals surface area contributed by atoms with Crippen molar-refractivity contribution in [2.75, 3.05) is 68.1 Å². The molecule has 2 fully saturated rings. The second kappa shape index (κ2) is 11.3. The van der Waals surface area contributed by atoms with Gasteiger partial charge in [-0.1, -0.05) is 6.58 Å². The summed E-state index contributed by atoms with van der Waals surface area (Å²) < 4.78 is 20.6. The quantitative estimate of drug-likeness (QED) is 0.473. The van der Waals surface area contributed by atoms with Gasteiger partial charge in [-0.15, -0.1) is 0 Å². The second-order valence-electron chi connectivity index (χ2n) is 13.0. The molecule has 0 unspecified atom stereocenters. The molecule has 6 rings (SSSR count). The van der Waals surface area contributed by atoms with Crippen LogP contribution in [0.15, 0.2) is 30.9 Å². The highest BCUT2D eigenvalue weighted by Gasteiger charge is 2.40. The molecular formula is C32H41FN8O2. The third kappa shape index (κ3) is 5.60. The van der Waals surface area contributed by atoms with Crippen LogP contribution in [0.3, 0.4) is 0 Å². The Labute approximate surface area is 253 Å². The predicted octanol–water partition coefficient (Wildman–Crippen LogP) is 3.02. The molecule has 4 heterocycles. The summed E-state index contributed by atoms with van der Waals surface area (Å²) in [7, 11) is 4.19. The highest BCUT2D eigenvalue weighted by Crippen LogP contribution is 2.42. The molecule has 1 aromatic heterocycles. The molecule has 0 saturated carbocycles. The van der Waals surface area contributed by atoms with Gasteiger partial charge in [0, 0.05) is 62.9 Å². The van der Waals surface area contributed by atoms with Crippen LogP contribution < -0.4 is 19.4 Å². The maximum absolute atomic E-state index is 14.4. The lowest BCUT2D eigenvalue weighted by Gasteiger charge is -2.47. The fraction of sp³-hybridized carbons (Fsp3) is 0.562. The normalized spacial score (nSPS) is 23.2. The Hall–Kier alpha value is -3.91. The van der Waals surface area contributed by atoms with Crippen molar-refractivity contribution in [1.29, 1.82) is 5.26 Å². The van der Waals surface area contributed by atoms with Crippen LogP contribution in [0, 0.1) is 17.1 Å². The molecule has 0 bridgehead atoms. The second-order valence-corrected chi connectivity index (χ2v) is 13.0. The highest BCUT2D eigenvalue weighted by atomic mass is 19.1. The zero-order chi connectivity index (χ0) is 30.5. The van der Waals surface area contributed by atoms with Gasteiger partial charge in [0.25, 0.3) is 0 Å². The number of rotatable bonds is 6. The van der Waals surface area contributed by atoms with Gasteiger partial charge in [-0.2, -0.15) is 10.2 Å². The molecule has 0 radical (unpaired) electrons. The average Bonchev–Trinajstić information content (AvgIpc) is 2.94. The number of hydrogen-bond donors (Lipinski definition) is 0. The van der Waals surface area contributed by atoms with Crippen LogP contribution >= 0.6 is 0 Å². The summed E-state index contributed by atoms with van der Waals surface area (Å²) in [6.45, 7) is 11.8. The van der Waals surface area contributed by atoms with Crippen LogP contribution in [0.2, 0.25) is 0 Å². The van der Waals surface area contributed by atoms with Gasteiger partial charge < -0.3 is 29.2 Å². The number of nitriles is 1. The minimum absolute atomic E-state index is 0.131. The van der Waals surface area contributed by atoms with Crippen LogP contribution in [-0.4, -0.2) is 103 Å². The molecule has 1 amide bonds. The first-order valence-electron chi connectivity index (χ1n) is 15.2. The number of nitrogens with zero attached hydrogens (tertiary/aromatic N) is 8. The topological polar surface area (TPSA) is 92.1 Å². The molecule has 2 saturated heterocycles. The fourth-order valence-electron chi connectivity index (χ4n) is 6.87. The number of ether oxygens (including phenoxy) is 1. The number of aromatic nitrogens is 2.